The Kier molecular flexibility index (Phi) is 3.96. The molecule has 0 spiro atoms. The van der Waals surface area contributed by atoms with Crippen LogP contribution in [-0.4, -0.2) is 51.6 Å². The zero-order valence-electron chi connectivity index (χ0n) is 11.8. The monoisotopic (exact) mass is 275 g/mol. The zero-order chi connectivity index (χ0) is 13.8. The zero-order valence-corrected chi connectivity index (χ0v) is 11.8. The highest BCUT2D eigenvalue weighted by Crippen LogP contribution is 2.19. The first-order valence-corrected chi connectivity index (χ1v) is 7.13. The van der Waals surface area contributed by atoms with E-state index in [1.807, 2.05) is 24.0 Å². The molecule has 3 heterocycles. The van der Waals surface area contributed by atoms with E-state index in [2.05, 4.69) is 30.5 Å². The molecule has 20 heavy (non-hydrogen) atoms. The molecule has 1 saturated heterocycles. The fourth-order valence-corrected chi connectivity index (χ4v) is 2.75. The largest absolute Gasteiger partial charge is 0.339 e. The second kappa shape index (κ2) is 6.04. The van der Waals surface area contributed by atoms with Gasteiger partial charge in [-0.05, 0) is 38.4 Å². The molecule has 1 aliphatic heterocycles. The smallest absolute Gasteiger partial charge is 0.244 e. The van der Waals surface area contributed by atoms with Crippen LogP contribution in [0.2, 0.25) is 0 Å². The van der Waals surface area contributed by atoms with Crippen molar-refractivity contribution in [3.05, 3.63) is 24.3 Å². The Balaban J connectivity index is 1.63. The highest BCUT2D eigenvalue weighted by atomic mass is 15.4. The Bertz CT molecular complexity index is 517. The van der Waals surface area contributed by atoms with E-state index in [9.17, 15) is 0 Å². The highest BCUT2D eigenvalue weighted by molar-refractivity contribution is 5.29. The molecule has 0 radical (unpaired) electrons. The molecule has 1 aliphatic rings. The molecule has 0 bridgehead atoms. The van der Waals surface area contributed by atoms with Crippen molar-refractivity contribution in [2.45, 2.75) is 19.4 Å². The molecule has 1 unspecified atom stereocenters. The second-order valence-electron chi connectivity index (χ2n) is 5.30. The third-order valence-corrected chi connectivity index (χ3v) is 3.69. The van der Waals surface area contributed by atoms with E-state index < -0.39 is 0 Å². The van der Waals surface area contributed by atoms with Crippen molar-refractivity contribution < 1.29 is 0 Å². The number of rotatable bonds is 5. The highest BCUT2D eigenvalue weighted by Gasteiger charge is 2.22. The van der Waals surface area contributed by atoms with E-state index in [-0.39, 0.29) is 0 Å². The molecule has 2 aromatic heterocycles. The predicted octanol–water partition coefficient (Wildman–Crippen LogP) is 0.485. The number of hydrogen-bond acceptors (Lipinski definition) is 5. The van der Waals surface area contributed by atoms with Crippen molar-refractivity contribution >= 4 is 5.95 Å². The summed E-state index contributed by atoms with van der Waals surface area (Å²) in [7, 11) is 2.01. The standard InChI is InChI=1S/C13H21N7/c1-14-8-11-4-2-6-19(9-11)13-16-12(17-18-13)10-20-7-3-5-15-20/h3,5,7,11,14H,2,4,6,8-10H2,1H3,(H,16,17,18). The number of piperidine rings is 1. The summed E-state index contributed by atoms with van der Waals surface area (Å²) < 4.78 is 1.84. The second-order valence-corrected chi connectivity index (χ2v) is 5.30. The number of H-pyrrole nitrogens is 1. The van der Waals surface area contributed by atoms with Crippen LogP contribution in [0.4, 0.5) is 5.95 Å². The predicted molar refractivity (Wildman–Crippen MR) is 76.6 cm³/mol. The summed E-state index contributed by atoms with van der Waals surface area (Å²) in [5, 5.41) is 14.8. The van der Waals surface area contributed by atoms with Gasteiger partial charge in [-0.25, -0.2) is 0 Å². The number of hydrogen-bond donors (Lipinski definition) is 2. The number of aromatic nitrogens is 5. The molecular weight excluding hydrogens is 254 g/mol. The molecular formula is C13H21N7. The van der Waals surface area contributed by atoms with Gasteiger partial charge < -0.3 is 10.2 Å². The van der Waals surface area contributed by atoms with Crippen LogP contribution in [0, 0.1) is 5.92 Å². The maximum Gasteiger partial charge on any atom is 0.244 e. The molecule has 0 aliphatic carbocycles. The van der Waals surface area contributed by atoms with Crippen LogP contribution < -0.4 is 10.2 Å². The lowest BCUT2D eigenvalue weighted by atomic mass is 9.98. The van der Waals surface area contributed by atoms with Gasteiger partial charge in [-0.3, -0.25) is 9.78 Å². The van der Waals surface area contributed by atoms with E-state index >= 15 is 0 Å². The summed E-state index contributed by atoms with van der Waals surface area (Å²) in [4.78, 5) is 6.85. The SMILES string of the molecule is CNCC1CCCN(c2n[nH]c(Cn3cccn3)n2)C1. The molecule has 108 valence electrons. The van der Waals surface area contributed by atoms with Gasteiger partial charge in [0, 0.05) is 25.5 Å². The summed E-state index contributed by atoms with van der Waals surface area (Å²) in [5.74, 6) is 2.34. The first kappa shape index (κ1) is 13.1. The van der Waals surface area contributed by atoms with Crippen LogP contribution in [-0.2, 0) is 6.54 Å². The van der Waals surface area contributed by atoms with Crippen LogP contribution >= 0.6 is 0 Å². The number of anilines is 1. The van der Waals surface area contributed by atoms with Crippen molar-refractivity contribution in [2.24, 2.45) is 5.92 Å². The molecule has 1 fully saturated rings. The third-order valence-electron chi connectivity index (χ3n) is 3.69. The Morgan fingerprint density at radius 3 is 3.25 bits per heavy atom. The number of nitrogens with zero attached hydrogens (tertiary/aromatic N) is 5. The third kappa shape index (κ3) is 2.98. The van der Waals surface area contributed by atoms with Gasteiger partial charge in [0.2, 0.25) is 5.95 Å². The lowest BCUT2D eigenvalue weighted by Crippen LogP contribution is -2.39. The molecule has 7 heteroatoms. The fraction of sp³-hybridized carbons (Fsp3) is 0.615. The quantitative estimate of drug-likeness (QED) is 0.830. The molecule has 2 N–H and O–H groups in total. The fourth-order valence-electron chi connectivity index (χ4n) is 2.75. The van der Waals surface area contributed by atoms with Crippen LogP contribution in [0.5, 0.6) is 0 Å². The van der Waals surface area contributed by atoms with Crippen LogP contribution in [0.25, 0.3) is 0 Å². The molecule has 2 aromatic rings. The summed E-state index contributed by atoms with van der Waals surface area (Å²) in [6, 6.07) is 1.91. The van der Waals surface area contributed by atoms with Crippen molar-refractivity contribution in [1.29, 1.82) is 0 Å². The molecule has 0 saturated carbocycles. The minimum atomic E-state index is 0.633. The first-order valence-electron chi connectivity index (χ1n) is 7.13. The minimum absolute atomic E-state index is 0.633. The Morgan fingerprint density at radius 2 is 2.45 bits per heavy atom. The van der Waals surface area contributed by atoms with Gasteiger partial charge in [0.15, 0.2) is 0 Å². The van der Waals surface area contributed by atoms with E-state index in [1.165, 1.54) is 12.8 Å². The Hall–Kier alpha value is -1.89. The number of nitrogens with one attached hydrogen (secondary N) is 2. The van der Waals surface area contributed by atoms with Gasteiger partial charge in [-0.15, -0.1) is 5.10 Å². The van der Waals surface area contributed by atoms with Crippen molar-refractivity contribution in [1.82, 2.24) is 30.3 Å². The molecule has 3 rings (SSSR count). The Labute approximate surface area is 118 Å². The first-order chi connectivity index (χ1) is 9.85. The molecule has 7 nitrogen and oxygen atoms in total. The summed E-state index contributed by atoms with van der Waals surface area (Å²) in [6.07, 6.45) is 6.17. The van der Waals surface area contributed by atoms with Crippen LogP contribution in [0.1, 0.15) is 18.7 Å². The summed E-state index contributed by atoms with van der Waals surface area (Å²) >= 11 is 0. The van der Waals surface area contributed by atoms with Gasteiger partial charge in [-0.2, -0.15) is 10.1 Å². The number of aromatic amines is 1. The van der Waals surface area contributed by atoms with Gasteiger partial charge >= 0.3 is 0 Å². The van der Waals surface area contributed by atoms with Gasteiger partial charge in [0.25, 0.3) is 0 Å². The van der Waals surface area contributed by atoms with Crippen molar-refractivity contribution in [2.75, 3.05) is 31.6 Å². The van der Waals surface area contributed by atoms with E-state index in [4.69, 9.17) is 0 Å². The maximum absolute atomic E-state index is 4.58. The van der Waals surface area contributed by atoms with E-state index in [0.29, 0.717) is 12.5 Å². The van der Waals surface area contributed by atoms with Gasteiger partial charge in [-0.1, -0.05) is 0 Å². The Morgan fingerprint density at radius 1 is 1.50 bits per heavy atom. The molecule has 1 atom stereocenters. The van der Waals surface area contributed by atoms with E-state index in [0.717, 1.165) is 31.4 Å². The summed E-state index contributed by atoms with van der Waals surface area (Å²) in [5.41, 5.74) is 0. The maximum atomic E-state index is 4.58. The van der Waals surface area contributed by atoms with Crippen LogP contribution in [0.15, 0.2) is 18.5 Å². The average Bonchev–Trinajstić information content (AvgIpc) is 3.12. The normalized spacial score (nSPS) is 19.4. The molecule has 0 aromatic carbocycles. The van der Waals surface area contributed by atoms with Gasteiger partial charge in [0.1, 0.15) is 12.4 Å². The van der Waals surface area contributed by atoms with Crippen molar-refractivity contribution in [3.8, 4) is 0 Å². The lowest BCUT2D eigenvalue weighted by Gasteiger charge is -2.31. The van der Waals surface area contributed by atoms with Crippen molar-refractivity contribution in [3.63, 3.8) is 0 Å². The van der Waals surface area contributed by atoms with Gasteiger partial charge in [0.05, 0.1) is 0 Å². The average molecular weight is 275 g/mol. The summed E-state index contributed by atoms with van der Waals surface area (Å²) in [6.45, 7) is 3.76. The van der Waals surface area contributed by atoms with Crippen LogP contribution in [0.3, 0.4) is 0 Å². The minimum Gasteiger partial charge on any atom is -0.339 e. The van der Waals surface area contributed by atoms with E-state index in [1.54, 1.807) is 6.20 Å². The topological polar surface area (TPSA) is 74.7 Å². The lowest BCUT2D eigenvalue weighted by molar-refractivity contribution is 0.399. The molecule has 0 amide bonds.